The van der Waals surface area contributed by atoms with Crippen LogP contribution in [-0.4, -0.2) is 87.1 Å². The highest BCUT2D eigenvalue weighted by Gasteiger charge is 2.34. The van der Waals surface area contributed by atoms with Crippen LogP contribution in [0, 0.1) is 0 Å². The minimum absolute atomic E-state index is 0.0442. The Hall–Kier alpha value is -7.09. The zero-order chi connectivity index (χ0) is 46.5. The highest BCUT2D eigenvalue weighted by Crippen LogP contribution is 2.38. The second-order valence-corrected chi connectivity index (χ2v) is 15.5. The molecule has 1 atom stereocenters. The average molecular weight is 904 g/mol. The van der Waals surface area contributed by atoms with Gasteiger partial charge in [0.1, 0.15) is 34.9 Å². The predicted molar refractivity (Wildman–Crippen MR) is 233 cm³/mol. The van der Waals surface area contributed by atoms with Crippen molar-refractivity contribution in [1.29, 1.82) is 0 Å². The summed E-state index contributed by atoms with van der Waals surface area (Å²) in [6.07, 6.45) is -4.48. The number of phenols is 2. The zero-order valence-electron chi connectivity index (χ0n) is 34.8. The maximum Gasteiger partial charge on any atom is 0.417 e. The molecule has 16 nitrogen and oxygen atoms in total. The van der Waals surface area contributed by atoms with Crippen molar-refractivity contribution in [3.05, 3.63) is 130 Å². The number of amides is 7. The number of pyridine rings is 1. The Morgan fingerprint density at radius 3 is 2.09 bits per heavy atom. The second kappa shape index (κ2) is 19.5. The number of piperazine rings is 1. The summed E-state index contributed by atoms with van der Waals surface area (Å²) in [7, 11) is 1.37. The third-order valence-electron chi connectivity index (χ3n) is 10.3. The fourth-order valence-corrected chi connectivity index (χ4v) is 7.14. The molecular formula is C44H45ClF3N9O7. The van der Waals surface area contributed by atoms with E-state index in [-0.39, 0.29) is 40.1 Å². The Bertz CT molecular complexity index is 2520. The van der Waals surface area contributed by atoms with Crippen LogP contribution in [0.25, 0.3) is 0 Å². The van der Waals surface area contributed by atoms with Crippen molar-refractivity contribution in [3.8, 4) is 23.0 Å². The Balaban J connectivity index is 0.988. The van der Waals surface area contributed by atoms with Crippen LogP contribution < -0.4 is 31.7 Å². The molecule has 0 radical (unpaired) electrons. The van der Waals surface area contributed by atoms with E-state index >= 15 is 0 Å². The molecule has 0 saturated carbocycles. The van der Waals surface area contributed by atoms with Gasteiger partial charge in [-0.3, -0.25) is 24.5 Å². The van der Waals surface area contributed by atoms with Crippen molar-refractivity contribution in [2.75, 3.05) is 48.8 Å². The number of carbonyl (C=O) groups is 4. The monoisotopic (exact) mass is 903 g/mol. The largest absolute Gasteiger partial charge is 0.508 e. The van der Waals surface area contributed by atoms with Crippen molar-refractivity contribution in [3.63, 3.8) is 0 Å². The number of rotatable bonds is 11. The molecule has 1 fully saturated rings. The van der Waals surface area contributed by atoms with E-state index in [0.29, 0.717) is 55.4 Å². The number of benzene rings is 4. The molecule has 0 spiro atoms. The fourth-order valence-electron chi connectivity index (χ4n) is 6.91. The van der Waals surface area contributed by atoms with Gasteiger partial charge in [-0.2, -0.15) is 13.2 Å². The van der Waals surface area contributed by atoms with Crippen LogP contribution in [-0.2, 0) is 12.7 Å². The van der Waals surface area contributed by atoms with Crippen LogP contribution in [0.3, 0.4) is 0 Å². The Kier molecular flexibility index (Phi) is 14.2. The standard InChI is InChI=1S/C44H45ClF3N9O7/c1-25(2)32-22-33(38(59)23-37(32)58)39(49)57(41(50)61)29-9-4-26(5-10-29)24-55-16-18-56(19-17-55)43(63)54(3)40(60)36-21-31(14-15-51-36)64-30-11-6-27(7-12-30)52-42(62)53-28-8-13-35(45)34(20-28)44(46,47)48/h4-15,20-23,25,39,58-59H,16-19,24,49H2,1-3H3,(H2,50,61)(H2,52,53,62). The highest BCUT2D eigenvalue weighted by atomic mass is 35.5. The smallest absolute Gasteiger partial charge is 0.417 e. The van der Waals surface area contributed by atoms with Gasteiger partial charge >= 0.3 is 24.3 Å². The molecule has 1 unspecified atom stereocenters. The van der Waals surface area contributed by atoms with E-state index in [1.807, 2.05) is 26.0 Å². The lowest BCUT2D eigenvalue weighted by Crippen LogP contribution is -2.52. The van der Waals surface area contributed by atoms with E-state index in [1.165, 1.54) is 61.8 Å². The van der Waals surface area contributed by atoms with Crippen LogP contribution >= 0.6 is 11.6 Å². The third-order valence-corrected chi connectivity index (χ3v) is 10.6. The van der Waals surface area contributed by atoms with Gasteiger partial charge in [0.2, 0.25) is 0 Å². The molecule has 7 amide bonds. The fraction of sp³-hybridized carbons (Fsp3) is 0.250. The number of hydrogen-bond donors (Lipinski definition) is 6. The molecule has 20 heteroatoms. The molecule has 1 aliphatic heterocycles. The van der Waals surface area contributed by atoms with Gasteiger partial charge in [0.15, 0.2) is 0 Å². The SMILES string of the molecule is CC(C)c1cc(C(N)N(C(N)=O)c2ccc(CN3CCN(C(=O)N(C)C(=O)c4cc(Oc5ccc(NC(=O)Nc6ccc(Cl)c(C(F)(F)F)c6)cc5)ccn4)CC3)cc2)c(O)cc1O. The number of phenolic OH excluding ortho intramolecular Hbond substituents is 2. The van der Waals surface area contributed by atoms with E-state index < -0.39 is 46.9 Å². The van der Waals surface area contributed by atoms with Gasteiger partial charge in [-0.25, -0.2) is 14.4 Å². The quantitative estimate of drug-likeness (QED) is 0.0697. The van der Waals surface area contributed by atoms with Crippen molar-refractivity contribution >= 4 is 52.7 Å². The summed E-state index contributed by atoms with van der Waals surface area (Å²) >= 11 is 5.65. The van der Waals surface area contributed by atoms with Gasteiger partial charge in [-0.15, -0.1) is 0 Å². The summed E-state index contributed by atoms with van der Waals surface area (Å²) in [6, 6.07) is 19.6. The van der Waals surface area contributed by atoms with Gasteiger partial charge < -0.3 is 42.0 Å². The van der Waals surface area contributed by atoms with Crippen LogP contribution in [0.2, 0.25) is 5.02 Å². The molecule has 0 aliphatic carbocycles. The number of primary amides is 1. The molecule has 0 bridgehead atoms. The van der Waals surface area contributed by atoms with Crippen LogP contribution in [0.5, 0.6) is 23.0 Å². The van der Waals surface area contributed by atoms with Crippen molar-refractivity contribution in [1.82, 2.24) is 19.7 Å². The molecule has 64 heavy (non-hydrogen) atoms. The zero-order valence-corrected chi connectivity index (χ0v) is 35.5. The number of carbonyl (C=O) groups excluding carboxylic acids is 4. The first-order valence-corrected chi connectivity index (χ1v) is 20.1. The lowest BCUT2D eigenvalue weighted by atomic mass is 9.97. The first-order valence-electron chi connectivity index (χ1n) is 19.8. The molecule has 336 valence electrons. The van der Waals surface area contributed by atoms with Crippen molar-refractivity contribution < 1.29 is 47.3 Å². The molecule has 4 aromatic carbocycles. The van der Waals surface area contributed by atoms with Gasteiger partial charge in [0.25, 0.3) is 5.91 Å². The van der Waals surface area contributed by atoms with E-state index in [9.17, 15) is 42.6 Å². The maximum absolute atomic E-state index is 13.4. The van der Waals surface area contributed by atoms with Crippen molar-refractivity contribution in [2.24, 2.45) is 11.5 Å². The van der Waals surface area contributed by atoms with Gasteiger partial charge in [-0.05, 0) is 83.8 Å². The number of nitrogens with zero attached hydrogens (tertiary/aromatic N) is 5. The first kappa shape index (κ1) is 46.4. The van der Waals surface area contributed by atoms with Gasteiger partial charge in [0, 0.05) is 80.7 Å². The maximum atomic E-state index is 13.4. The number of urea groups is 3. The molecular weight excluding hydrogens is 859 g/mol. The van der Waals surface area contributed by atoms with Crippen LogP contribution in [0.1, 0.15) is 58.7 Å². The number of aromatic hydroxyl groups is 2. The summed E-state index contributed by atoms with van der Waals surface area (Å²) in [5.74, 6) is -0.529. The second-order valence-electron chi connectivity index (χ2n) is 15.1. The third kappa shape index (κ3) is 11.1. The minimum atomic E-state index is -4.70. The Morgan fingerprint density at radius 1 is 0.844 bits per heavy atom. The highest BCUT2D eigenvalue weighted by molar-refractivity contribution is 6.31. The van der Waals surface area contributed by atoms with Crippen molar-refractivity contribution in [2.45, 2.75) is 38.7 Å². The molecule has 8 N–H and O–H groups in total. The minimum Gasteiger partial charge on any atom is -0.508 e. The average Bonchev–Trinajstić information content (AvgIpc) is 3.24. The number of ether oxygens (including phenoxy) is 1. The van der Waals surface area contributed by atoms with E-state index in [0.717, 1.165) is 27.5 Å². The predicted octanol–water partition coefficient (Wildman–Crippen LogP) is 8.28. The van der Waals surface area contributed by atoms with Gasteiger partial charge in [-0.1, -0.05) is 37.6 Å². The van der Waals surface area contributed by atoms with Crippen LogP contribution in [0.4, 0.5) is 44.6 Å². The molecule has 1 saturated heterocycles. The number of anilines is 3. The molecule has 5 aromatic rings. The molecule has 6 rings (SSSR count). The number of alkyl halides is 3. The molecule has 1 aliphatic rings. The number of halogens is 4. The number of nitrogens with one attached hydrogen (secondary N) is 2. The number of nitrogens with two attached hydrogens (primary N) is 2. The lowest BCUT2D eigenvalue weighted by Gasteiger charge is -2.36. The molecule has 1 aromatic heterocycles. The summed E-state index contributed by atoms with van der Waals surface area (Å²) in [6.45, 7) is 5.99. The van der Waals surface area contributed by atoms with E-state index in [4.69, 9.17) is 27.8 Å². The summed E-state index contributed by atoms with van der Waals surface area (Å²) < 4.78 is 45.4. The summed E-state index contributed by atoms with van der Waals surface area (Å²) in [5.41, 5.74) is 13.3. The van der Waals surface area contributed by atoms with Crippen LogP contribution in [0.15, 0.2) is 97.2 Å². The van der Waals surface area contributed by atoms with E-state index in [1.54, 1.807) is 23.1 Å². The Morgan fingerprint density at radius 2 is 1.47 bits per heavy atom. The summed E-state index contributed by atoms with van der Waals surface area (Å²) in [5, 5.41) is 25.2. The number of imide groups is 1. The first-order chi connectivity index (χ1) is 30.3. The number of hydrogen-bond acceptors (Lipinski definition) is 10. The Labute approximate surface area is 370 Å². The number of aromatic nitrogens is 1. The van der Waals surface area contributed by atoms with Gasteiger partial charge in [0.05, 0.1) is 10.6 Å². The topological polar surface area (TPSA) is 220 Å². The molecule has 2 heterocycles. The van der Waals surface area contributed by atoms with E-state index in [2.05, 4.69) is 20.5 Å². The normalized spacial score (nSPS) is 13.5. The lowest BCUT2D eigenvalue weighted by molar-refractivity contribution is -0.137. The summed E-state index contributed by atoms with van der Waals surface area (Å²) in [4.78, 5) is 61.8.